The first-order chi connectivity index (χ1) is 7.44. The van der Waals surface area contributed by atoms with Crippen molar-refractivity contribution >= 4 is 16.0 Å². The number of aliphatic carboxylic acids is 1. The van der Waals surface area contributed by atoms with E-state index in [4.69, 9.17) is 5.11 Å². The second-order valence-electron chi connectivity index (χ2n) is 5.66. The number of sulfonamides is 1. The number of hydrogen-bond acceptors (Lipinski definition) is 3. The average molecular weight is 265 g/mol. The zero-order valence-corrected chi connectivity index (χ0v) is 12.0. The monoisotopic (exact) mass is 265 g/mol. The van der Waals surface area contributed by atoms with Gasteiger partial charge < -0.3 is 5.11 Å². The van der Waals surface area contributed by atoms with E-state index in [1.54, 1.807) is 6.92 Å². The van der Waals surface area contributed by atoms with E-state index in [0.29, 0.717) is 6.42 Å². The van der Waals surface area contributed by atoms with Crippen LogP contribution in [0, 0.1) is 11.3 Å². The van der Waals surface area contributed by atoms with Gasteiger partial charge in [0.25, 0.3) is 0 Å². The number of carboxylic acids is 1. The SMILES string of the molecule is CC(NS(=O)(=O)CCC(C)(C)C)C(C)C(=O)O. The van der Waals surface area contributed by atoms with Crippen molar-refractivity contribution in [2.24, 2.45) is 11.3 Å². The summed E-state index contributed by atoms with van der Waals surface area (Å²) in [6.07, 6.45) is 0.538. The Morgan fingerprint density at radius 1 is 1.29 bits per heavy atom. The summed E-state index contributed by atoms with van der Waals surface area (Å²) in [7, 11) is -3.41. The lowest BCUT2D eigenvalue weighted by molar-refractivity contribution is -0.141. The van der Waals surface area contributed by atoms with E-state index in [1.807, 2.05) is 20.8 Å². The Morgan fingerprint density at radius 2 is 1.76 bits per heavy atom. The summed E-state index contributed by atoms with van der Waals surface area (Å²) in [5.74, 6) is -1.72. The molecule has 0 aromatic carbocycles. The topological polar surface area (TPSA) is 83.5 Å². The summed E-state index contributed by atoms with van der Waals surface area (Å²) in [6, 6.07) is -0.600. The summed E-state index contributed by atoms with van der Waals surface area (Å²) in [5.41, 5.74) is -0.0591. The predicted octanol–water partition coefficient (Wildman–Crippen LogP) is 1.45. The number of carboxylic acid groups (broad SMARTS) is 1. The van der Waals surface area contributed by atoms with E-state index in [9.17, 15) is 13.2 Å². The molecule has 0 saturated heterocycles. The molecule has 0 saturated carbocycles. The molecule has 0 aromatic rings. The normalized spacial score (nSPS) is 16.5. The van der Waals surface area contributed by atoms with Crippen LogP contribution < -0.4 is 4.72 Å². The molecule has 102 valence electrons. The van der Waals surface area contributed by atoms with Crippen molar-refractivity contribution in [1.29, 1.82) is 0 Å². The van der Waals surface area contributed by atoms with Crippen LogP contribution >= 0.6 is 0 Å². The Balaban J connectivity index is 4.41. The maximum absolute atomic E-state index is 11.7. The Labute approximate surface area is 104 Å². The molecule has 0 aliphatic carbocycles. The highest BCUT2D eigenvalue weighted by Crippen LogP contribution is 2.19. The fourth-order valence-corrected chi connectivity index (χ4v) is 2.87. The Morgan fingerprint density at radius 3 is 2.12 bits per heavy atom. The van der Waals surface area contributed by atoms with Crippen LogP contribution in [-0.4, -0.2) is 31.3 Å². The summed E-state index contributed by atoms with van der Waals surface area (Å²) < 4.78 is 25.8. The maximum Gasteiger partial charge on any atom is 0.307 e. The van der Waals surface area contributed by atoms with Gasteiger partial charge >= 0.3 is 5.97 Å². The first kappa shape index (κ1) is 16.4. The van der Waals surface area contributed by atoms with Crippen molar-refractivity contribution in [2.75, 3.05) is 5.75 Å². The van der Waals surface area contributed by atoms with E-state index in [-0.39, 0.29) is 11.2 Å². The van der Waals surface area contributed by atoms with Crippen LogP contribution in [0.4, 0.5) is 0 Å². The van der Waals surface area contributed by atoms with Crippen molar-refractivity contribution in [1.82, 2.24) is 4.72 Å². The van der Waals surface area contributed by atoms with Gasteiger partial charge in [0.2, 0.25) is 10.0 Å². The van der Waals surface area contributed by atoms with E-state index >= 15 is 0 Å². The third-order valence-corrected chi connectivity index (χ3v) is 4.10. The van der Waals surface area contributed by atoms with Crippen LogP contribution in [-0.2, 0) is 14.8 Å². The molecule has 0 radical (unpaired) electrons. The maximum atomic E-state index is 11.7. The number of rotatable bonds is 6. The Hall–Kier alpha value is -0.620. The second kappa shape index (κ2) is 5.82. The van der Waals surface area contributed by atoms with Crippen LogP contribution in [0.1, 0.15) is 41.0 Å². The van der Waals surface area contributed by atoms with Gasteiger partial charge in [-0.15, -0.1) is 0 Å². The molecule has 0 amide bonds. The van der Waals surface area contributed by atoms with Gasteiger partial charge in [-0.3, -0.25) is 4.79 Å². The summed E-state index contributed by atoms with van der Waals surface area (Å²) >= 11 is 0. The molecule has 6 heteroatoms. The zero-order valence-electron chi connectivity index (χ0n) is 11.1. The fraction of sp³-hybridized carbons (Fsp3) is 0.909. The molecule has 0 bridgehead atoms. The van der Waals surface area contributed by atoms with Crippen molar-refractivity contribution in [2.45, 2.75) is 47.1 Å². The van der Waals surface area contributed by atoms with Gasteiger partial charge in [0.15, 0.2) is 0 Å². The molecule has 0 aliphatic heterocycles. The van der Waals surface area contributed by atoms with E-state index in [2.05, 4.69) is 4.72 Å². The van der Waals surface area contributed by atoms with Crippen LogP contribution in [0.15, 0.2) is 0 Å². The molecule has 0 heterocycles. The lowest BCUT2D eigenvalue weighted by Gasteiger charge is -2.21. The lowest BCUT2D eigenvalue weighted by Crippen LogP contribution is -2.41. The molecule has 2 unspecified atom stereocenters. The minimum atomic E-state index is -3.41. The summed E-state index contributed by atoms with van der Waals surface area (Å²) in [5, 5.41) is 8.77. The van der Waals surface area contributed by atoms with Gasteiger partial charge in [0.1, 0.15) is 0 Å². The first-order valence-corrected chi connectivity index (χ1v) is 7.33. The van der Waals surface area contributed by atoms with Crippen molar-refractivity contribution in [3.05, 3.63) is 0 Å². The predicted molar refractivity (Wildman–Crippen MR) is 67.3 cm³/mol. The van der Waals surface area contributed by atoms with Crippen LogP contribution in [0.2, 0.25) is 0 Å². The molecule has 5 nitrogen and oxygen atoms in total. The smallest absolute Gasteiger partial charge is 0.307 e. The second-order valence-corrected chi connectivity index (χ2v) is 7.54. The molecule has 0 aromatic heterocycles. The van der Waals surface area contributed by atoms with Crippen molar-refractivity contribution < 1.29 is 18.3 Å². The van der Waals surface area contributed by atoms with Crippen LogP contribution in [0.5, 0.6) is 0 Å². The molecular formula is C11H23NO4S. The third kappa shape index (κ3) is 7.33. The first-order valence-electron chi connectivity index (χ1n) is 5.67. The summed E-state index contributed by atoms with van der Waals surface area (Å²) in [4.78, 5) is 10.7. The van der Waals surface area contributed by atoms with Gasteiger partial charge in [0.05, 0.1) is 11.7 Å². The molecule has 0 rings (SSSR count). The number of hydrogen-bond donors (Lipinski definition) is 2. The molecule has 0 spiro atoms. The van der Waals surface area contributed by atoms with Crippen molar-refractivity contribution in [3.8, 4) is 0 Å². The molecule has 17 heavy (non-hydrogen) atoms. The minimum Gasteiger partial charge on any atom is -0.481 e. The van der Waals surface area contributed by atoms with Crippen molar-refractivity contribution in [3.63, 3.8) is 0 Å². The number of nitrogens with one attached hydrogen (secondary N) is 1. The van der Waals surface area contributed by atoms with Gasteiger partial charge in [0, 0.05) is 6.04 Å². The molecule has 0 aliphatic rings. The highest BCUT2D eigenvalue weighted by molar-refractivity contribution is 7.89. The highest BCUT2D eigenvalue weighted by atomic mass is 32.2. The fourth-order valence-electron chi connectivity index (χ4n) is 1.10. The largest absolute Gasteiger partial charge is 0.481 e. The molecule has 0 fully saturated rings. The zero-order chi connectivity index (χ0) is 13.9. The van der Waals surface area contributed by atoms with Crippen LogP contribution in [0.3, 0.4) is 0 Å². The molecule has 2 N–H and O–H groups in total. The van der Waals surface area contributed by atoms with E-state index < -0.39 is 28.0 Å². The Kier molecular flexibility index (Phi) is 5.61. The van der Waals surface area contributed by atoms with Crippen LogP contribution in [0.25, 0.3) is 0 Å². The standard InChI is InChI=1S/C11H23NO4S/c1-8(10(13)14)9(2)12-17(15,16)7-6-11(3,4)5/h8-9,12H,6-7H2,1-5H3,(H,13,14). The average Bonchev–Trinajstić information content (AvgIpc) is 2.12. The highest BCUT2D eigenvalue weighted by Gasteiger charge is 2.25. The summed E-state index contributed by atoms with van der Waals surface area (Å²) in [6.45, 7) is 8.94. The third-order valence-electron chi connectivity index (χ3n) is 2.63. The van der Waals surface area contributed by atoms with Gasteiger partial charge in [-0.25, -0.2) is 13.1 Å². The lowest BCUT2D eigenvalue weighted by atomic mass is 9.94. The number of carbonyl (C=O) groups is 1. The molecule has 2 atom stereocenters. The van der Waals surface area contributed by atoms with E-state index in [0.717, 1.165) is 0 Å². The minimum absolute atomic E-state index is 0.0210. The molecular weight excluding hydrogens is 242 g/mol. The van der Waals surface area contributed by atoms with E-state index in [1.165, 1.54) is 6.92 Å². The van der Waals surface area contributed by atoms with Gasteiger partial charge in [-0.2, -0.15) is 0 Å². The Bertz CT molecular complexity index is 356. The van der Waals surface area contributed by atoms with Gasteiger partial charge in [-0.1, -0.05) is 27.7 Å². The van der Waals surface area contributed by atoms with Gasteiger partial charge in [-0.05, 0) is 18.8 Å². The quantitative estimate of drug-likeness (QED) is 0.761.